The lowest BCUT2D eigenvalue weighted by Gasteiger charge is -2.30. The summed E-state index contributed by atoms with van der Waals surface area (Å²) >= 11 is 0. The molecule has 1 fully saturated rings. The summed E-state index contributed by atoms with van der Waals surface area (Å²) in [5.41, 5.74) is 0.558. The molecule has 0 spiro atoms. The highest BCUT2D eigenvalue weighted by Gasteiger charge is 2.30. The Kier molecular flexibility index (Phi) is 4.65. The lowest BCUT2D eigenvalue weighted by Crippen LogP contribution is -2.40. The molecule has 6 nitrogen and oxygen atoms in total. The van der Waals surface area contributed by atoms with Crippen molar-refractivity contribution < 1.29 is 23.1 Å². The van der Waals surface area contributed by atoms with Crippen LogP contribution in [0, 0.1) is 6.92 Å². The molecule has 1 aliphatic heterocycles. The molecule has 1 aromatic carbocycles. The number of hydrogen-bond donors (Lipinski definition) is 1. The average Bonchev–Trinajstić information content (AvgIpc) is 2.47. The maximum Gasteiger partial charge on any atom is 0.335 e. The molecule has 21 heavy (non-hydrogen) atoms. The van der Waals surface area contributed by atoms with E-state index in [4.69, 9.17) is 9.84 Å². The second kappa shape index (κ2) is 6.13. The minimum atomic E-state index is -3.65. The molecule has 116 valence electrons. The van der Waals surface area contributed by atoms with Gasteiger partial charge in [0.2, 0.25) is 10.0 Å². The quantitative estimate of drug-likeness (QED) is 0.910. The fourth-order valence-electron chi connectivity index (χ4n) is 2.45. The van der Waals surface area contributed by atoms with E-state index in [2.05, 4.69) is 0 Å². The first kappa shape index (κ1) is 15.9. The standard InChI is InChI=1S/C14H19NO5S/c1-10-3-4-12(9-13(10)14(16)17)21(18,19)15-7-5-11(20-2)6-8-15/h3-4,9,11H,5-8H2,1-2H3,(H,16,17). The summed E-state index contributed by atoms with van der Waals surface area (Å²) in [6.45, 7) is 2.41. The van der Waals surface area contributed by atoms with Crippen molar-refractivity contribution >= 4 is 16.0 Å². The van der Waals surface area contributed by atoms with Gasteiger partial charge in [-0.15, -0.1) is 0 Å². The van der Waals surface area contributed by atoms with Gasteiger partial charge >= 0.3 is 5.97 Å². The summed E-state index contributed by atoms with van der Waals surface area (Å²) < 4.78 is 31.7. The third kappa shape index (κ3) is 3.25. The monoisotopic (exact) mass is 313 g/mol. The Labute approximate surface area is 124 Å². The van der Waals surface area contributed by atoms with Crippen LogP contribution in [0.2, 0.25) is 0 Å². The van der Waals surface area contributed by atoms with Gasteiger partial charge in [-0.3, -0.25) is 0 Å². The predicted octanol–water partition coefficient (Wildman–Crippen LogP) is 1.49. The summed E-state index contributed by atoms with van der Waals surface area (Å²) in [6.07, 6.45) is 1.38. The van der Waals surface area contributed by atoms with Crippen molar-refractivity contribution in [2.75, 3.05) is 20.2 Å². The molecule has 1 N–H and O–H groups in total. The van der Waals surface area contributed by atoms with Gasteiger partial charge in [0.05, 0.1) is 16.6 Å². The van der Waals surface area contributed by atoms with Crippen molar-refractivity contribution in [1.82, 2.24) is 4.31 Å². The van der Waals surface area contributed by atoms with Crippen molar-refractivity contribution in [2.24, 2.45) is 0 Å². The summed E-state index contributed by atoms with van der Waals surface area (Å²) in [4.78, 5) is 11.2. The van der Waals surface area contributed by atoms with Crippen LogP contribution in [-0.2, 0) is 14.8 Å². The Balaban J connectivity index is 2.28. The Bertz CT molecular complexity index is 633. The molecule has 0 bridgehead atoms. The molecule has 0 unspecified atom stereocenters. The van der Waals surface area contributed by atoms with E-state index in [9.17, 15) is 13.2 Å². The molecular weight excluding hydrogens is 294 g/mol. The third-order valence-corrected chi connectivity index (χ3v) is 5.71. The van der Waals surface area contributed by atoms with Crippen LogP contribution in [0.3, 0.4) is 0 Å². The van der Waals surface area contributed by atoms with E-state index >= 15 is 0 Å². The fraction of sp³-hybridized carbons (Fsp3) is 0.500. The van der Waals surface area contributed by atoms with Crippen molar-refractivity contribution in [3.05, 3.63) is 29.3 Å². The van der Waals surface area contributed by atoms with Gasteiger partial charge in [0.15, 0.2) is 0 Å². The first-order valence-corrected chi connectivity index (χ1v) is 8.17. The number of nitrogens with zero attached hydrogens (tertiary/aromatic N) is 1. The van der Waals surface area contributed by atoms with Gasteiger partial charge in [0, 0.05) is 20.2 Å². The molecular formula is C14H19NO5S. The number of benzene rings is 1. The maximum absolute atomic E-state index is 12.6. The summed E-state index contributed by atoms with van der Waals surface area (Å²) in [5.74, 6) is -1.12. The number of carboxylic acid groups (broad SMARTS) is 1. The Morgan fingerprint density at radius 1 is 1.33 bits per heavy atom. The zero-order chi connectivity index (χ0) is 15.6. The van der Waals surface area contributed by atoms with Gasteiger partial charge in [-0.25, -0.2) is 13.2 Å². The van der Waals surface area contributed by atoms with Crippen molar-refractivity contribution in [2.45, 2.75) is 30.8 Å². The SMILES string of the molecule is COC1CCN(S(=O)(=O)c2ccc(C)c(C(=O)O)c2)CC1. The highest BCUT2D eigenvalue weighted by Crippen LogP contribution is 2.23. The van der Waals surface area contributed by atoms with E-state index < -0.39 is 16.0 Å². The second-order valence-corrected chi connectivity index (χ2v) is 7.06. The summed E-state index contributed by atoms with van der Waals surface area (Å²) in [5, 5.41) is 9.11. The van der Waals surface area contributed by atoms with E-state index in [0.717, 1.165) is 0 Å². The van der Waals surface area contributed by atoms with Crippen LogP contribution in [0.15, 0.2) is 23.1 Å². The number of aryl methyl sites for hydroxylation is 1. The fourth-order valence-corrected chi connectivity index (χ4v) is 3.95. The Morgan fingerprint density at radius 3 is 2.48 bits per heavy atom. The van der Waals surface area contributed by atoms with Crippen LogP contribution in [0.4, 0.5) is 0 Å². The zero-order valence-electron chi connectivity index (χ0n) is 12.1. The first-order chi connectivity index (χ1) is 9.86. The molecule has 0 saturated carbocycles. The molecule has 1 saturated heterocycles. The Hall–Kier alpha value is -1.44. The number of hydrogen-bond acceptors (Lipinski definition) is 4. The summed E-state index contributed by atoms with van der Waals surface area (Å²) in [7, 11) is -2.03. The van der Waals surface area contributed by atoms with Crippen molar-refractivity contribution in [3.63, 3.8) is 0 Å². The minimum Gasteiger partial charge on any atom is -0.478 e. The van der Waals surface area contributed by atoms with Crippen molar-refractivity contribution in [1.29, 1.82) is 0 Å². The number of carboxylic acids is 1. The summed E-state index contributed by atoms with van der Waals surface area (Å²) in [6, 6.07) is 4.22. The molecule has 0 aromatic heterocycles. The molecule has 1 aliphatic rings. The highest BCUT2D eigenvalue weighted by molar-refractivity contribution is 7.89. The number of sulfonamides is 1. The lowest BCUT2D eigenvalue weighted by atomic mass is 10.1. The molecule has 0 radical (unpaired) electrons. The number of piperidine rings is 1. The molecule has 1 heterocycles. The van der Waals surface area contributed by atoms with E-state index in [1.165, 1.54) is 22.5 Å². The number of ether oxygens (including phenoxy) is 1. The number of rotatable bonds is 4. The molecule has 2 rings (SSSR count). The van der Waals surface area contributed by atoms with E-state index in [1.807, 2.05) is 0 Å². The van der Waals surface area contributed by atoms with Crippen molar-refractivity contribution in [3.8, 4) is 0 Å². The minimum absolute atomic E-state index is 0.0165. The van der Waals surface area contributed by atoms with Gasteiger partial charge in [-0.1, -0.05) is 6.07 Å². The Morgan fingerprint density at radius 2 is 1.95 bits per heavy atom. The molecule has 0 amide bonds. The smallest absolute Gasteiger partial charge is 0.335 e. The first-order valence-electron chi connectivity index (χ1n) is 6.73. The normalized spacial score (nSPS) is 17.8. The van der Waals surface area contributed by atoms with Gasteiger partial charge in [0.1, 0.15) is 0 Å². The van der Waals surface area contributed by atoms with Gasteiger partial charge in [0.25, 0.3) is 0 Å². The molecule has 1 aromatic rings. The third-order valence-electron chi connectivity index (χ3n) is 3.81. The zero-order valence-corrected chi connectivity index (χ0v) is 12.9. The van der Waals surface area contributed by atoms with E-state index in [1.54, 1.807) is 14.0 Å². The number of methoxy groups -OCH3 is 1. The van der Waals surface area contributed by atoms with Crippen LogP contribution in [-0.4, -0.2) is 50.1 Å². The topological polar surface area (TPSA) is 83.9 Å². The highest BCUT2D eigenvalue weighted by atomic mass is 32.2. The number of aromatic carboxylic acids is 1. The maximum atomic E-state index is 12.6. The molecule has 7 heteroatoms. The predicted molar refractivity (Wildman–Crippen MR) is 76.9 cm³/mol. The average molecular weight is 313 g/mol. The van der Waals surface area contributed by atoms with Crippen LogP contribution < -0.4 is 0 Å². The van der Waals surface area contributed by atoms with Gasteiger partial charge < -0.3 is 9.84 Å². The number of carbonyl (C=O) groups is 1. The van der Waals surface area contributed by atoms with E-state index in [-0.39, 0.29) is 16.6 Å². The van der Waals surface area contributed by atoms with Gasteiger partial charge in [-0.05, 0) is 37.5 Å². The second-order valence-electron chi connectivity index (χ2n) is 5.12. The molecule has 0 atom stereocenters. The molecule has 0 aliphatic carbocycles. The van der Waals surface area contributed by atoms with Crippen LogP contribution in [0.1, 0.15) is 28.8 Å². The lowest BCUT2D eigenvalue weighted by molar-refractivity contribution is 0.0604. The van der Waals surface area contributed by atoms with Crippen LogP contribution in [0.25, 0.3) is 0 Å². The van der Waals surface area contributed by atoms with Crippen LogP contribution in [0.5, 0.6) is 0 Å². The van der Waals surface area contributed by atoms with Crippen LogP contribution >= 0.6 is 0 Å². The largest absolute Gasteiger partial charge is 0.478 e. The van der Waals surface area contributed by atoms with E-state index in [0.29, 0.717) is 31.5 Å². The van der Waals surface area contributed by atoms with Gasteiger partial charge in [-0.2, -0.15) is 4.31 Å².